The summed E-state index contributed by atoms with van der Waals surface area (Å²) in [5.41, 5.74) is 0. The smallest absolute Gasteiger partial charge is 0.310 e. The summed E-state index contributed by atoms with van der Waals surface area (Å²) in [6, 6.07) is 0.508. The zero-order valence-electron chi connectivity index (χ0n) is 10.9. The van der Waals surface area contributed by atoms with Crippen molar-refractivity contribution in [1.29, 1.82) is 0 Å². The van der Waals surface area contributed by atoms with Crippen molar-refractivity contribution in [2.75, 3.05) is 13.1 Å². The number of rotatable bonds is 2. The van der Waals surface area contributed by atoms with E-state index in [2.05, 4.69) is 4.90 Å². The molecule has 0 amide bonds. The number of carbonyl (C=O) groups excluding carboxylic acids is 1. The van der Waals surface area contributed by atoms with Gasteiger partial charge in [0.1, 0.15) is 0 Å². The molecular weight excluding hydrogens is 214 g/mol. The Balaban J connectivity index is 1.74. The number of carbonyl (C=O) groups is 1. The number of ether oxygens (including phenoxy) is 1. The molecule has 1 saturated carbocycles. The zero-order valence-corrected chi connectivity index (χ0v) is 10.9. The van der Waals surface area contributed by atoms with E-state index in [9.17, 15) is 4.79 Å². The number of hydrogen-bond acceptors (Lipinski definition) is 3. The third kappa shape index (κ3) is 1.88. The first-order chi connectivity index (χ1) is 8.16. The largest absolute Gasteiger partial charge is 0.463 e. The van der Waals surface area contributed by atoms with Crippen LogP contribution in [-0.2, 0) is 9.53 Å². The van der Waals surface area contributed by atoms with Crippen LogP contribution in [0.4, 0.5) is 0 Å². The van der Waals surface area contributed by atoms with Crippen molar-refractivity contribution >= 4 is 5.97 Å². The summed E-state index contributed by atoms with van der Waals surface area (Å²) in [6.45, 7) is 6.30. The van der Waals surface area contributed by atoms with E-state index in [1.807, 2.05) is 13.8 Å². The fraction of sp³-hybridized carbons (Fsp3) is 0.929. The van der Waals surface area contributed by atoms with Crippen LogP contribution in [0.15, 0.2) is 0 Å². The zero-order chi connectivity index (χ0) is 12.0. The van der Waals surface area contributed by atoms with Gasteiger partial charge in [-0.15, -0.1) is 0 Å². The Bertz CT molecular complexity index is 307. The molecule has 2 bridgehead atoms. The molecule has 0 aromatic heterocycles. The fourth-order valence-corrected chi connectivity index (χ4v) is 4.27. The topological polar surface area (TPSA) is 29.5 Å². The Labute approximate surface area is 104 Å². The quantitative estimate of drug-likeness (QED) is 0.688. The van der Waals surface area contributed by atoms with Crippen LogP contribution < -0.4 is 0 Å². The van der Waals surface area contributed by atoms with E-state index >= 15 is 0 Å². The van der Waals surface area contributed by atoms with Gasteiger partial charge in [0.2, 0.25) is 0 Å². The highest BCUT2D eigenvalue weighted by molar-refractivity contribution is 5.74. The molecule has 3 atom stereocenters. The second kappa shape index (κ2) is 4.27. The third-order valence-electron chi connectivity index (χ3n) is 4.92. The first-order valence-electron chi connectivity index (χ1n) is 7.11. The molecule has 3 heterocycles. The molecule has 3 unspecified atom stereocenters. The predicted octanol–water partition coefficient (Wildman–Crippen LogP) is 2.06. The van der Waals surface area contributed by atoms with E-state index in [1.165, 1.54) is 32.4 Å². The van der Waals surface area contributed by atoms with E-state index in [4.69, 9.17) is 4.74 Å². The molecule has 96 valence electrons. The first kappa shape index (κ1) is 11.5. The molecule has 4 aliphatic rings. The molecule has 17 heavy (non-hydrogen) atoms. The van der Waals surface area contributed by atoms with Gasteiger partial charge in [-0.3, -0.25) is 9.69 Å². The molecule has 4 rings (SSSR count). The van der Waals surface area contributed by atoms with Gasteiger partial charge in [-0.25, -0.2) is 0 Å². The van der Waals surface area contributed by atoms with E-state index in [0.717, 1.165) is 18.3 Å². The molecule has 3 heteroatoms. The molecule has 0 aromatic rings. The Morgan fingerprint density at radius 2 is 1.88 bits per heavy atom. The third-order valence-corrected chi connectivity index (χ3v) is 4.92. The molecule has 0 N–H and O–H groups in total. The standard InChI is InChI=1S/C14H23NO2/c1-9(2)17-14(16)12-4-3-11-10-5-7-15(8-6-10)13(11)12/h9-13H,3-8H2,1-2H3. The fourth-order valence-electron chi connectivity index (χ4n) is 4.27. The van der Waals surface area contributed by atoms with Gasteiger partial charge in [0.15, 0.2) is 0 Å². The number of nitrogens with zero attached hydrogens (tertiary/aromatic N) is 1. The lowest BCUT2D eigenvalue weighted by Crippen LogP contribution is -2.56. The lowest BCUT2D eigenvalue weighted by atomic mass is 9.74. The first-order valence-corrected chi connectivity index (χ1v) is 7.11. The molecule has 1 aliphatic carbocycles. The van der Waals surface area contributed by atoms with Crippen LogP contribution in [-0.4, -0.2) is 36.1 Å². The number of hydrogen-bond donors (Lipinski definition) is 0. The lowest BCUT2D eigenvalue weighted by molar-refractivity contribution is -0.156. The molecule has 3 saturated heterocycles. The number of esters is 1. The van der Waals surface area contributed by atoms with E-state index in [1.54, 1.807) is 0 Å². The molecule has 0 radical (unpaired) electrons. The van der Waals surface area contributed by atoms with Gasteiger partial charge in [0.25, 0.3) is 0 Å². The summed E-state index contributed by atoms with van der Waals surface area (Å²) in [5, 5.41) is 0. The summed E-state index contributed by atoms with van der Waals surface area (Å²) in [5.74, 6) is 1.88. The Morgan fingerprint density at radius 1 is 1.18 bits per heavy atom. The molecule has 3 aliphatic heterocycles. The molecular formula is C14H23NO2. The van der Waals surface area contributed by atoms with Crippen LogP contribution in [0.2, 0.25) is 0 Å². The van der Waals surface area contributed by atoms with Gasteiger partial charge in [-0.1, -0.05) is 0 Å². The van der Waals surface area contributed by atoms with Crippen LogP contribution in [0.25, 0.3) is 0 Å². The Hall–Kier alpha value is -0.570. The van der Waals surface area contributed by atoms with Crippen molar-refractivity contribution in [3.05, 3.63) is 0 Å². The minimum atomic E-state index is 0.0253. The van der Waals surface area contributed by atoms with E-state index in [-0.39, 0.29) is 18.0 Å². The molecule has 4 fully saturated rings. The van der Waals surface area contributed by atoms with Gasteiger partial charge >= 0.3 is 5.97 Å². The molecule has 3 nitrogen and oxygen atoms in total. The van der Waals surface area contributed by atoms with Crippen LogP contribution in [0.5, 0.6) is 0 Å². The average molecular weight is 237 g/mol. The summed E-state index contributed by atoms with van der Waals surface area (Å²) in [6.07, 6.45) is 5.02. The summed E-state index contributed by atoms with van der Waals surface area (Å²) in [7, 11) is 0. The van der Waals surface area contributed by atoms with Gasteiger partial charge in [-0.2, -0.15) is 0 Å². The maximum Gasteiger partial charge on any atom is 0.310 e. The average Bonchev–Trinajstić information content (AvgIpc) is 2.75. The second-order valence-electron chi connectivity index (χ2n) is 6.20. The monoisotopic (exact) mass is 237 g/mol. The normalized spacial score (nSPS) is 43.8. The minimum Gasteiger partial charge on any atom is -0.463 e. The van der Waals surface area contributed by atoms with Crippen LogP contribution in [0, 0.1) is 17.8 Å². The van der Waals surface area contributed by atoms with Crippen LogP contribution >= 0.6 is 0 Å². The van der Waals surface area contributed by atoms with Crippen molar-refractivity contribution in [3.8, 4) is 0 Å². The van der Waals surface area contributed by atoms with Crippen molar-refractivity contribution in [3.63, 3.8) is 0 Å². The van der Waals surface area contributed by atoms with Gasteiger partial charge in [-0.05, 0) is 64.5 Å². The molecule has 0 aromatic carbocycles. The van der Waals surface area contributed by atoms with Gasteiger partial charge in [0.05, 0.1) is 12.0 Å². The highest BCUT2D eigenvalue weighted by atomic mass is 16.5. The summed E-state index contributed by atoms with van der Waals surface area (Å²) in [4.78, 5) is 14.7. The van der Waals surface area contributed by atoms with E-state index in [0.29, 0.717) is 6.04 Å². The summed E-state index contributed by atoms with van der Waals surface area (Å²) >= 11 is 0. The number of fused-ring (bicyclic) bond motifs is 2. The predicted molar refractivity (Wildman–Crippen MR) is 65.5 cm³/mol. The van der Waals surface area contributed by atoms with Crippen LogP contribution in [0.1, 0.15) is 39.5 Å². The van der Waals surface area contributed by atoms with E-state index < -0.39 is 0 Å². The van der Waals surface area contributed by atoms with Crippen molar-refractivity contribution in [2.24, 2.45) is 17.8 Å². The number of piperidine rings is 3. The lowest BCUT2D eigenvalue weighted by Gasteiger charge is -2.49. The Kier molecular flexibility index (Phi) is 2.89. The summed E-state index contributed by atoms with van der Waals surface area (Å²) < 4.78 is 5.43. The van der Waals surface area contributed by atoms with Gasteiger partial charge in [0, 0.05) is 6.04 Å². The minimum absolute atomic E-state index is 0.0253. The van der Waals surface area contributed by atoms with Crippen molar-refractivity contribution in [1.82, 2.24) is 4.90 Å². The van der Waals surface area contributed by atoms with Crippen molar-refractivity contribution in [2.45, 2.75) is 51.7 Å². The van der Waals surface area contributed by atoms with Crippen LogP contribution in [0.3, 0.4) is 0 Å². The Morgan fingerprint density at radius 3 is 2.53 bits per heavy atom. The second-order valence-corrected chi connectivity index (χ2v) is 6.20. The SMILES string of the molecule is CC(C)OC(=O)C1CCC2C3CCN(CC3)C12. The maximum absolute atomic E-state index is 12.1. The molecule has 0 spiro atoms. The highest BCUT2D eigenvalue weighted by Crippen LogP contribution is 2.48. The highest BCUT2D eigenvalue weighted by Gasteiger charge is 2.51. The maximum atomic E-state index is 12.1. The van der Waals surface area contributed by atoms with Gasteiger partial charge < -0.3 is 4.74 Å². The van der Waals surface area contributed by atoms with Crippen molar-refractivity contribution < 1.29 is 9.53 Å².